The Morgan fingerprint density at radius 1 is 1.24 bits per heavy atom. The maximum absolute atomic E-state index is 10.1. The first kappa shape index (κ1) is 11.8. The SMILES string of the molecule is CCc1nc(C(C)(C)O)n(-c2ccccc2)n1. The smallest absolute Gasteiger partial charge is 0.163 e. The zero-order valence-corrected chi connectivity index (χ0v) is 10.4. The van der Waals surface area contributed by atoms with Crippen molar-refractivity contribution < 1.29 is 5.11 Å². The third kappa shape index (κ3) is 2.36. The third-order valence-electron chi connectivity index (χ3n) is 2.52. The van der Waals surface area contributed by atoms with Crippen LogP contribution in [0.4, 0.5) is 0 Å². The first-order chi connectivity index (χ1) is 8.02. The van der Waals surface area contributed by atoms with Crippen LogP contribution in [0.25, 0.3) is 5.69 Å². The lowest BCUT2D eigenvalue weighted by atomic mass is 10.1. The molecule has 0 bridgehead atoms. The molecule has 0 aliphatic heterocycles. The Morgan fingerprint density at radius 2 is 1.88 bits per heavy atom. The quantitative estimate of drug-likeness (QED) is 0.879. The van der Waals surface area contributed by atoms with Crippen LogP contribution in [0.2, 0.25) is 0 Å². The molecule has 1 N–H and O–H groups in total. The molecule has 0 aliphatic carbocycles. The lowest BCUT2D eigenvalue weighted by molar-refractivity contribution is 0.0663. The number of nitrogens with zero attached hydrogens (tertiary/aromatic N) is 3. The summed E-state index contributed by atoms with van der Waals surface area (Å²) in [6.07, 6.45) is 0.753. The van der Waals surface area contributed by atoms with Crippen LogP contribution in [0, 0.1) is 0 Å². The molecule has 1 heterocycles. The van der Waals surface area contributed by atoms with Gasteiger partial charge in [-0.15, -0.1) is 0 Å². The summed E-state index contributed by atoms with van der Waals surface area (Å²) in [5, 5.41) is 14.5. The van der Waals surface area contributed by atoms with Crippen molar-refractivity contribution in [2.45, 2.75) is 32.8 Å². The van der Waals surface area contributed by atoms with E-state index in [1.165, 1.54) is 0 Å². The van der Waals surface area contributed by atoms with Gasteiger partial charge in [0.1, 0.15) is 5.60 Å². The zero-order valence-electron chi connectivity index (χ0n) is 10.4. The van der Waals surface area contributed by atoms with Gasteiger partial charge < -0.3 is 5.11 Å². The van der Waals surface area contributed by atoms with Crippen molar-refractivity contribution in [3.8, 4) is 5.69 Å². The number of rotatable bonds is 3. The van der Waals surface area contributed by atoms with Gasteiger partial charge in [0, 0.05) is 6.42 Å². The number of aliphatic hydroxyl groups is 1. The number of hydrogen-bond donors (Lipinski definition) is 1. The average Bonchev–Trinajstić information content (AvgIpc) is 2.74. The molecule has 0 fully saturated rings. The monoisotopic (exact) mass is 231 g/mol. The largest absolute Gasteiger partial charge is 0.382 e. The van der Waals surface area contributed by atoms with Gasteiger partial charge in [-0.1, -0.05) is 25.1 Å². The fraction of sp³-hybridized carbons (Fsp3) is 0.385. The number of aryl methyl sites for hydroxylation is 1. The second kappa shape index (κ2) is 4.30. The summed E-state index contributed by atoms with van der Waals surface area (Å²) in [7, 11) is 0. The molecule has 0 saturated carbocycles. The van der Waals surface area contributed by atoms with Gasteiger partial charge in [0.05, 0.1) is 5.69 Å². The van der Waals surface area contributed by atoms with Crippen molar-refractivity contribution in [2.75, 3.05) is 0 Å². The van der Waals surface area contributed by atoms with Gasteiger partial charge in [-0.2, -0.15) is 5.10 Å². The van der Waals surface area contributed by atoms with Crippen LogP contribution in [0.3, 0.4) is 0 Å². The fourth-order valence-corrected chi connectivity index (χ4v) is 1.65. The van der Waals surface area contributed by atoms with Gasteiger partial charge in [0.15, 0.2) is 11.6 Å². The summed E-state index contributed by atoms with van der Waals surface area (Å²) < 4.78 is 1.71. The average molecular weight is 231 g/mol. The topological polar surface area (TPSA) is 50.9 Å². The van der Waals surface area contributed by atoms with Gasteiger partial charge in [0.25, 0.3) is 0 Å². The first-order valence-electron chi connectivity index (χ1n) is 5.76. The molecule has 1 aromatic carbocycles. The molecule has 2 aromatic rings. The number of benzene rings is 1. The predicted octanol–water partition coefficient (Wildman–Crippen LogP) is 2.06. The molecule has 0 amide bonds. The van der Waals surface area contributed by atoms with Crippen LogP contribution < -0.4 is 0 Å². The minimum Gasteiger partial charge on any atom is -0.382 e. The molecular weight excluding hydrogens is 214 g/mol. The maximum atomic E-state index is 10.1. The lowest BCUT2D eigenvalue weighted by Crippen LogP contribution is -2.22. The summed E-state index contributed by atoms with van der Waals surface area (Å²) in [5.41, 5.74) is -0.0900. The molecule has 2 rings (SSSR count). The van der Waals surface area contributed by atoms with E-state index in [0.717, 1.165) is 17.9 Å². The van der Waals surface area contributed by atoms with Crippen molar-refractivity contribution >= 4 is 0 Å². The van der Waals surface area contributed by atoms with Crippen LogP contribution in [-0.4, -0.2) is 19.9 Å². The molecule has 0 radical (unpaired) electrons. The summed E-state index contributed by atoms with van der Waals surface area (Å²) in [5.74, 6) is 1.31. The van der Waals surface area contributed by atoms with Crippen LogP contribution in [0.1, 0.15) is 32.4 Å². The van der Waals surface area contributed by atoms with E-state index in [2.05, 4.69) is 10.1 Å². The Bertz CT molecular complexity index is 497. The molecule has 0 atom stereocenters. The van der Waals surface area contributed by atoms with E-state index in [1.54, 1.807) is 18.5 Å². The predicted molar refractivity (Wildman–Crippen MR) is 66.0 cm³/mol. The van der Waals surface area contributed by atoms with Crippen molar-refractivity contribution in [1.82, 2.24) is 14.8 Å². The second-order valence-corrected chi connectivity index (χ2v) is 4.51. The lowest BCUT2D eigenvalue weighted by Gasteiger charge is -2.17. The Kier molecular flexibility index (Phi) is 2.98. The molecule has 4 heteroatoms. The number of hydrogen-bond acceptors (Lipinski definition) is 3. The van der Waals surface area contributed by atoms with Crippen LogP contribution in [0.15, 0.2) is 30.3 Å². The maximum Gasteiger partial charge on any atom is 0.163 e. The molecule has 0 saturated heterocycles. The standard InChI is InChI=1S/C13H17N3O/c1-4-11-14-12(13(2,3)17)16(15-11)10-8-6-5-7-9-10/h5-9,17H,4H2,1-3H3. The van der Waals surface area contributed by atoms with Crippen LogP contribution >= 0.6 is 0 Å². The summed E-state index contributed by atoms with van der Waals surface area (Å²) in [4.78, 5) is 4.38. The number of para-hydroxylation sites is 1. The van der Waals surface area contributed by atoms with E-state index >= 15 is 0 Å². The molecule has 4 nitrogen and oxygen atoms in total. The van der Waals surface area contributed by atoms with E-state index in [4.69, 9.17) is 0 Å². The van der Waals surface area contributed by atoms with Gasteiger partial charge in [-0.3, -0.25) is 0 Å². The number of aromatic nitrogens is 3. The van der Waals surface area contributed by atoms with Crippen molar-refractivity contribution in [2.24, 2.45) is 0 Å². The molecule has 0 aliphatic rings. The summed E-state index contributed by atoms with van der Waals surface area (Å²) >= 11 is 0. The van der Waals surface area contributed by atoms with Gasteiger partial charge in [0.2, 0.25) is 0 Å². The molecule has 1 aromatic heterocycles. The van der Waals surface area contributed by atoms with Gasteiger partial charge in [-0.05, 0) is 26.0 Å². The highest BCUT2D eigenvalue weighted by molar-refractivity contribution is 5.32. The zero-order chi connectivity index (χ0) is 12.5. The summed E-state index contributed by atoms with van der Waals surface area (Å²) in [6, 6.07) is 9.73. The fourth-order valence-electron chi connectivity index (χ4n) is 1.65. The van der Waals surface area contributed by atoms with Gasteiger partial charge >= 0.3 is 0 Å². The first-order valence-corrected chi connectivity index (χ1v) is 5.76. The Labute approximate surface area is 101 Å². The van der Waals surface area contributed by atoms with Crippen LogP contribution in [-0.2, 0) is 12.0 Å². The highest BCUT2D eigenvalue weighted by atomic mass is 16.3. The summed E-state index contributed by atoms with van der Waals surface area (Å²) in [6.45, 7) is 5.44. The van der Waals surface area contributed by atoms with E-state index in [9.17, 15) is 5.11 Å². The Hall–Kier alpha value is -1.68. The molecule has 17 heavy (non-hydrogen) atoms. The third-order valence-corrected chi connectivity index (χ3v) is 2.52. The molecule has 90 valence electrons. The normalized spacial score (nSPS) is 11.8. The van der Waals surface area contributed by atoms with E-state index in [1.807, 2.05) is 37.3 Å². The van der Waals surface area contributed by atoms with Crippen molar-refractivity contribution in [3.05, 3.63) is 42.0 Å². The van der Waals surface area contributed by atoms with Crippen LogP contribution in [0.5, 0.6) is 0 Å². The minimum absolute atomic E-state index is 0.570. The van der Waals surface area contributed by atoms with Gasteiger partial charge in [-0.25, -0.2) is 9.67 Å². The second-order valence-electron chi connectivity index (χ2n) is 4.51. The molecule has 0 unspecified atom stereocenters. The highest BCUT2D eigenvalue weighted by Crippen LogP contribution is 2.21. The minimum atomic E-state index is -1.00. The van der Waals surface area contributed by atoms with E-state index < -0.39 is 5.60 Å². The Balaban J connectivity index is 2.57. The van der Waals surface area contributed by atoms with E-state index in [-0.39, 0.29) is 0 Å². The Morgan fingerprint density at radius 3 is 2.41 bits per heavy atom. The highest BCUT2D eigenvalue weighted by Gasteiger charge is 2.25. The van der Waals surface area contributed by atoms with Crippen molar-refractivity contribution in [1.29, 1.82) is 0 Å². The van der Waals surface area contributed by atoms with E-state index in [0.29, 0.717) is 5.82 Å². The van der Waals surface area contributed by atoms with Crippen molar-refractivity contribution in [3.63, 3.8) is 0 Å². The molecule has 0 spiro atoms. The molecular formula is C13H17N3O.